The van der Waals surface area contributed by atoms with Crippen molar-refractivity contribution in [3.63, 3.8) is 0 Å². The summed E-state index contributed by atoms with van der Waals surface area (Å²) in [7, 11) is 1.71. The van der Waals surface area contributed by atoms with Crippen molar-refractivity contribution < 1.29 is 4.74 Å². The fraction of sp³-hybridized carbons (Fsp3) is 0.538. The molecule has 1 unspecified atom stereocenters. The molecular weight excluding hydrogens is 332 g/mol. The van der Waals surface area contributed by atoms with Crippen molar-refractivity contribution in [1.29, 1.82) is 0 Å². The monoisotopic (exact) mass is 348 g/mol. The molecule has 0 heterocycles. The van der Waals surface area contributed by atoms with Crippen LogP contribution in [0.15, 0.2) is 22.7 Å². The van der Waals surface area contributed by atoms with Crippen molar-refractivity contribution in [3.8, 4) is 5.75 Å². The lowest BCUT2D eigenvalue weighted by atomic mass is 9.91. The van der Waals surface area contributed by atoms with Crippen molar-refractivity contribution in [2.45, 2.75) is 20.3 Å². The quantitative estimate of drug-likeness (QED) is 0.702. The summed E-state index contributed by atoms with van der Waals surface area (Å²) >= 11 is 7.18. The van der Waals surface area contributed by atoms with Crippen LogP contribution >= 0.6 is 31.9 Å². The van der Waals surface area contributed by atoms with Crippen LogP contribution in [0.5, 0.6) is 5.75 Å². The second-order valence-corrected chi connectivity index (χ2v) is 5.82. The predicted molar refractivity (Wildman–Crippen MR) is 76.5 cm³/mol. The van der Waals surface area contributed by atoms with Gasteiger partial charge in [-0.15, -0.1) is 0 Å². The summed E-state index contributed by atoms with van der Waals surface area (Å²) in [4.78, 5) is 0. The minimum absolute atomic E-state index is 0.656. The van der Waals surface area contributed by atoms with E-state index < -0.39 is 0 Å². The first-order chi connectivity index (χ1) is 7.58. The minimum Gasteiger partial charge on any atom is -0.497 e. The highest BCUT2D eigenvalue weighted by Gasteiger charge is 2.14. The Labute approximate surface area is 115 Å². The third-order valence-electron chi connectivity index (χ3n) is 2.88. The fourth-order valence-electron chi connectivity index (χ4n) is 1.59. The standard InChI is InChI=1S/C13H18Br2O/c1-9(2)11(8-14)6-10-7-12(16-3)4-5-13(10)15/h4-5,7,9,11H,6,8H2,1-3H3. The Bertz CT molecular complexity index is 337. The molecule has 0 aliphatic heterocycles. The average molecular weight is 350 g/mol. The first-order valence-corrected chi connectivity index (χ1v) is 7.38. The van der Waals surface area contributed by atoms with Gasteiger partial charge in [-0.2, -0.15) is 0 Å². The van der Waals surface area contributed by atoms with Crippen LogP contribution in [-0.4, -0.2) is 12.4 Å². The zero-order chi connectivity index (χ0) is 12.1. The summed E-state index contributed by atoms with van der Waals surface area (Å²) in [6.07, 6.45) is 1.07. The Morgan fingerprint density at radius 1 is 1.31 bits per heavy atom. The van der Waals surface area contributed by atoms with Gasteiger partial charge in [0.15, 0.2) is 0 Å². The van der Waals surface area contributed by atoms with Crippen LogP contribution in [-0.2, 0) is 6.42 Å². The number of hydrogen-bond donors (Lipinski definition) is 0. The summed E-state index contributed by atoms with van der Waals surface area (Å²) in [5, 5.41) is 1.04. The van der Waals surface area contributed by atoms with Gasteiger partial charge >= 0.3 is 0 Å². The molecule has 1 atom stereocenters. The van der Waals surface area contributed by atoms with Crippen LogP contribution in [0.25, 0.3) is 0 Å². The zero-order valence-corrected chi connectivity index (χ0v) is 13.1. The second kappa shape index (κ2) is 6.65. The van der Waals surface area contributed by atoms with Gasteiger partial charge in [0, 0.05) is 9.80 Å². The number of ether oxygens (including phenoxy) is 1. The summed E-state index contributed by atoms with van der Waals surface area (Å²) in [6.45, 7) is 4.53. The molecule has 1 aromatic carbocycles. The van der Waals surface area contributed by atoms with Gasteiger partial charge in [-0.1, -0.05) is 45.7 Å². The fourth-order valence-corrected chi connectivity index (χ4v) is 2.97. The third-order valence-corrected chi connectivity index (χ3v) is 4.48. The minimum atomic E-state index is 0.656. The van der Waals surface area contributed by atoms with Gasteiger partial charge in [-0.3, -0.25) is 0 Å². The molecule has 0 fully saturated rings. The summed E-state index contributed by atoms with van der Waals surface area (Å²) < 4.78 is 6.42. The van der Waals surface area contributed by atoms with Gasteiger partial charge in [-0.25, -0.2) is 0 Å². The SMILES string of the molecule is COc1ccc(Br)c(CC(CBr)C(C)C)c1. The topological polar surface area (TPSA) is 9.23 Å². The first kappa shape index (κ1) is 14.0. The van der Waals surface area contributed by atoms with E-state index in [0.29, 0.717) is 11.8 Å². The van der Waals surface area contributed by atoms with E-state index in [1.807, 2.05) is 6.07 Å². The summed E-state index contributed by atoms with van der Waals surface area (Å²) in [6, 6.07) is 6.15. The van der Waals surface area contributed by atoms with Crippen LogP contribution in [0.4, 0.5) is 0 Å². The number of benzene rings is 1. The van der Waals surface area contributed by atoms with Gasteiger partial charge in [0.2, 0.25) is 0 Å². The third kappa shape index (κ3) is 3.77. The molecular formula is C13H18Br2O. The van der Waals surface area contributed by atoms with Crippen molar-refractivity contribution in [2.24, 2.45) is 11.8 Å². The molecule has 3 heteroatoms. The molecule has 0 amide bonds. The lowest BCUT2D eigenvalue weighted by molar-refractivity contribution is 0.409. The number of rotatable bonds is 5. The molecule has 1 aromatic rings. The molecule has 0 saturated carbocycles. The smallest absolute Gasteiger partial charge is 0.119 e. The maximum Gasteiger partial charge on any atom is 0.119 e. The van der Waals surface area contributed by atoms with E-state index in [-0.39, 0.29) is 0 Å². The van der Waals surface area contributed by atoms with Crippen LogP contribution < -0.4 is 4.74 Å². The van der Waals surface area contributed by atoms with E-state index in [4.69, 9.17) is 4.74 Å². The van der Waals surface area contributed by atoms with Crippen LogP contribution in [0.3, 0.4) is 0 Å². The molecule has 90 valence electrons. The highest BCUT2D eigenvalue weighted by Crippen LogP contribution is 2.27. The number of halogens is 2. The Kier molecular flexibility index (Phi) is 5.84. The van der Waals surface area contributed by atoms with E-state index in [1.54, 1.807) is 7.11 Å². The lowest BCUT2D eigenvalue weighted by Gasteiger charge is -2.19. The van der Waals surface area contributed by atoms with E-state index in [2.05, 4.69) is 57.8 Å². The van der Waals surface area contributed by atoms with E-state index >= 15 is 0 Å². The van der Waals surface area contributed by atoms with Gasteiger partial charge in [0.05, 0.1) is 7.11 Å². The summed E-state index contributed by atoms with van der Waals surface area (Å²) in [5.41, 5.74) is 1.32. The number of methoxy groups -OCH3 is 1. The second-order valence-electron chi connectivity index (χ2n) is 4.32. The van der Waals surface area contributed by atoms with Gasteiger partial charge < -0.3 is 4.74 Å². The molecule has 0 bridgehead atoms. The van der Waals surface area contributed by atoms with E-state index in [9.17, 15) is 0 Å². The zero-order valence-electron chi connectivity index (χ0n) is 9.97. The largest absolute Gasteiger partial charge is 0.497 e. The molecule has 0 radical (unpaired) electrons. The molecule has 16 heavy (non-hydrogen) atoms. The van der Waals surface area contributed by atoms with Crippen molar-refractivity contribution in [3.05, 3.63) is 28.2 Å². The Morgan fingerprint density at radius 3 is 2.50 bits per heavy atom. The first-order valence-electron chi connectivity index (χ1n) is 5.46. The van der Waals surface area contributed by atoms with Crippen LogP contribution in [0, 0.1) is 11.8 Å². The normalized spacial score (nSPS) is 12.9. The molecule has 1 nitrogen and oxygen atoms in total. The summed E-state index contributed by atoms with van der Waals surface area (Å²) in [5.74, 6) is 2.26. The molecule has 0 aromatic heterocycles. The number of alkyl halides is 1. The lowest BCUT2D eigenvalue weighted by Crippen LogP contribution is -2.13. The van der Waals surface area contributed by atoms with Gasteiger partial charge in [0.25, 0.3) is 0 Å². The van der Waals surface area contributed by atoms with E-state index in [0.717, 1.165) is 17.5 Å². The van der Waals surface area contributed by atoms with Crippen molar-refractivity contribution in [2.75, 3.05) is 12.4 Å². The Morgan fingerprint density at radius 2 is 2.00 bits per heavy atom. The number of hydrogen-bond acceptors (Lipinski definition) is 1. The molecule has 0 aliphatic rings. The maximum atomic E-state index is 5.25. The molecule has 1 rings (SSSR count). The highest BCUT2D eigenvalue weighted by atomic mass is 79.9. The van der Waals surface area contributed by atoms with Gasteiger partial charge in [0.1, 0.15) is 5.75 Å². The van der Waals surface area contributed by atoms with E-state index in [1.165, 1.54) is 10.0 Å². The Hall–Kier alpha value is -0.0200. The van der Waals surface area contributed by atoms with Crippen molar-refractivity contribution in [1.82, 2.24) is 0 Å². The Balaban J connectivity index is 2.86. The maximum absolute atomic E-state index is 5.25. The molecule has 0 spiro atoms. The molecule has 0 saturated heterocycles. The van der Waals surface area contributed by atoms with Crippen LogP contribution in [0.2, 0.25) is 0 Å². The van der Waals surface area contributed by atoms with Crippen molar-refractivity contribution >= 4 is 31.9 Å². The van der Waals surface area contributed by atoms with Crippen LogP contribution in [0.1, 0.15) is 19.4 Å². The molecule has 0 aliphatic carbocycles. The van der Waals surface area contributed by atoms with Gasteiger partial charge in [-0.05, 0) is 42.0 Å². The highest BCUT2D eigenvalue weighted by molar-refractivity contribution is 9.10. The molecule has 0 N–H and O–H groups in total. The predicted octanol–water partition coefficient (Wildman–Crippen LogP) is 4.67. The average Bonchev–Trinajstić information content (AvgIpc) is 2.27.